The van der Waals surface area contributed by atoms with Crippen LogP contribution in [0.3, 0.4) is 0 Å². The van der Waals surface area contributed by atoms with Crippen molar-refractivity contribution in [3.8, 4) is 0 Å². The second-order valence-electron chi connectivity index (χ2n) is 4.30. The van der Waals surface area contributed by atoms with E-state index in [1.807, 2.05) is 6.92 Å². The quantitative estimate of drug-likeness (QED) is 0.649. The van der Waals surface area contributed by atoms with Crippen LogP contribution in [0.5, 0.6) is 0 Å². The number of aryl methyl sites for hydroxylation is 1. The number of nitrogens with one attached hydrogen (secondary N) is 2. The lowest BCUT2D eigenvalue weighted by Gasteiger charge is -2.08. The van der Waals surface area contributed by atoms with Gasteiger partial charge in [-0.1, -0.05) is 6.07 Å². The van der Waals surface area contributed by atoms with E-state index in [2.05, 4.69) is 20.6 Å². The zero-order valence-electron chi connectivity index (χ0n) is 11.6. The van der Waals surface area contributed by atoms with Gasteiger partial charge in [-0.25, -0.2) is 9.37 Å². The predicted molar refractivity (Wildman–Crippen MR) is 77.3 cm³/mol. The van der Waals surface area contributed by atoms with Crippen molar-refractivity contribution >= 4 is 23.1 Å². The molecular weight excluding hydrogens is 277 g/mol. The van der Waals surface area contributed by atoms with Gasteiger partial charge in [0.15, 0.2) is 0 Å². The molecule has 0 amide bonds. The molecule has 0 aliphatic carbocycles. The van der Waals surface area contributed by atoms with Crippen LogP contribution in [-0.2, 0) is 0 Å². The fourth-order valence-corrected chi connectivity index (χ4v) is 1.65. The zero-order valence-corrected chi connectivity index (χ0v) is 11.6. The molecule has 1 heterocycles. The van der Waals surface area contributed by atoms with Gasteiger partial charge in [0, 0.05) is 12.2 Å². The van der Waals surface area contributed by atoms with Crippen molar-refractivity contribution in [1.29, 1.82) is 0 Å². The third-order valence-electron chi connectivity index (χ3n) is 2.74. The third-order valence-corrected chi connectivity index (χ3v) is 2.74. The Bertz CT molecular complexity index is 678. The second-order valence-corrected chi connectivity index (χ2v) is 4.30. The Labute approximate surface area is 120 Å². The highest BCUT2D eigenvalue weighted by molar-refractivity contribution is 5.66. The van der Waals surface area contributed by atoms with E-state index in [0.717, 1.165) is 6.20 Å². The third kappa shape index (κ3) is 3.41. The van der Waals surface area contributed by atoms with E-state index >= 15 is 0 Å². The minimum absolute atomic E-state index is 0.00852. The lowest BCUT2D eigenvalue weighted by Crippen LogP contribution is -2.06. The van der Waals surface area contributed by atoms with Crippen molar-refractivity contribution in [2.24, 2.45) is 0 Å². The summed E-state index contributed by atoms with van der Waals surface area (Å²) >= 11 is 0. The van der Waals surface area contributed by atoms with E-state index in [1.165, 1.54) is 6.07 Å². The smallest absolute Gasteiger partial charge is 0.329 e. The van der Waals surface area contributed by atoms with Crippen LogP contribution in [0.1, 0.15) is 12.5 Å². The summed E-state index contributed by atoms with van der Waals surface area (Å²) in [6, 6.07) is 4.46. The lowest BCUT2D eigenvalue weighted by molar-refractivity contribution is -0.384. The summed E-state index contributed by atoms with van der Waals surface area (Å²) in [5.41, 5.74) is 0.589. The molecule has 0 saturated heterocycles. The molecule has 0 aliphatic heterocycles. The van der Waals surface area contributed by atoms with Crippen LogP contribution in [0.15, 0.2) is 24.4 Å². The van der Waals surface area contributed by atoms with Crippen molar-refractivity contribution in [1.82, 2.24) is 9.97 Å². The monoisotopic (exact) mass is 291 g/mol. The van der Waals surface area contributed by atoms with E-state index in [1.54, 1.807) is 19.1 Å². The highest BCUT2D eigenvalue weighted by Crippen LogP contribution is 2.26. The topological polar surface area (TPSA) is 93.0 Å². The first kappa shape index (κ1) is 14.6. The number of halogens is 1. The fraction of sp³-hybridized carbons (Fsp3) is 0.231. The highest BCUT2D eigenvalue weighted by atomic mass is 19.1. The lowest BCUT2D eigenvalue weighted by atomic mass is 10.2. The van der Waals surface area contributed by atoms with Gasteiger partial charge in [-0.3, -0.25) is 10.1 Å². The summed E-state index contributed by atoms with van der Waals surface area (Å²) < 4.78 is 13.5. The first-order valence-electron chi connectivity index (χ1n) is 6.29. The molecule has 8 heteroatoms. The largest absolute Gasteiger partial charge is 0.354 e. The average Bonchev–Trinajstić information content (AvgIpc) is 2.43. The van der Waals surface area contributed by atoms with Crippen molar-refractivity contribution in [2.45, 2.75) is 13.8 Å². The first-order chi connectivity index (χ1) is 10.0. The summed E-state index contributed by atoms with van der Waals surface area (Å²) in [6.07, 6.45) is 1.11. The predicted octanol–water partition coefficient (Wildman–Crippen LogP) is 3.01. The molecule has 110 valence electrons. The molecule has 0 saturated carbocycles. The van der Waals surface area contributed by atoms with Gasteiger partial charge >= 0.3 is 5.69 Å². The minimum atomic E-state index is -0.595. The molecular formula is C13H14FN5O2. The standard InChI is InChI=1S/C13H14FN5O2/c1-3-15-13-16-7-11(19(20)21)12(18-13)17-9-5-4-8(2)10(14)6-9/h4-7H,3H2,1-2H3,(H2,15,16,17,18). The first-order valence-corrected chi connectivity index (χ1v) is 6.29. The summed E-state index contributed by atoms with van der Waals surface area (Å²) in [7, 11) is 0. The van der Waals surface area contributed by atoms with Crippen LogP contribution in [0.4, 0.5) is 27.5 Å². The van der Waals surface area contributed by atoms with Crippen LogP contribution in [0.25, 0.3) is 0 Å². The average molecular weight is 291 g/mol. The Morgan fingerprint density at radius 1 is 1.43 bits per heavy atom. The number of rotatable bonds is 5. The van der Waals surface area contributed by atoms with Gasteiger partial charge in [-0.2, -0.15) is 4.98 Å². The molecule has 0 aliphatic rings. The van der Waals surface area contributed by atoms with E-state index < -0.39 is 10.7 Å². The number of anilines is 3. The van der Waals surface area contributed by atoms with Gasteiger partial charge in [-0.15, -0.1) is 0 Å². The molecule has 2 aromatic rings. The molecule has 21 heavy (non-hydrogen) atoms. The van der Waals surface area contributed by atoms with Crippen molar-refractivity contribution in [3.63, 3.8) is 0 Å². The summed E-state index contributed by atoms with van der Waals surface area (Å²) in [5, 5.41) is 16.6. The van der Waals surface area contributed by atoms with Crippen LogP contribution in [-0.4, -0.2) is 21.4 Å². The fourth-order valence-electron chi connectivity index (χ4n) is 1.65. The van der Waals surface area contributed by atoms with Crippen molar-refractivity contribution in [2.75, 3.05) is 17.2 Å². The summed E-state index contributed by atoms with van der Waals surface area (Å²) in [5.74, 6) is -0.129. The number of hydrogen-bond acceptors (Lipinski definition) is 6. The molecule has 0 unspecified atom stereocenters. The molecule has 2 N–H and O–H groups in total. The number of benzene rings is 1. The van der Waals surface area contributed by atoms with Crippen LogP contribution >= 0.6 is 0 Å². The van der Waals surface area contributed by atoms with E-state index in [0.29, 0.717) is 17.8 Å². The Balaban J connectivity index is 2.37. The molecule has 0 bridgehead atoms. The van der Waals surface area contributed by atoms with Gasteiger partial charge < -0.3 is 10.6 Å². The Morgan fingerprint density at radius 3 is 2.81 bits per heavy atom. The molecule has 1 aromatic carbocycles. The Morgan fingerprint density at radius 2 is 2.19 bits per heavy atom. The van der Waals surface area contributed by atoms with E-state index in [-0.39, 0.29) is 17.5 Å². The van der Waals surface area contributed by atoms with Crippen LogP contribution in [0, 0.1) is 22.9 Å². The van der Waals surface area contributed by atoms with Crippen LogP contribution in [0.2, 0.25) is 0 Å². The molecule has 0 fully saturated rings. The van der Waals surface area contributed by atoms with Gasteiger partial charge in [0.2, 0.25) is 11.8 Å². The number of hydrogen-bond donors (Lipinski definition) is 2. The minimum Gasteiger partial charge on any atom is -0.354 e. The number of nitro groups is 1. The molecule has 7 nitrogen and oxygen atoms in total. The summed E-state index contributed by atoms with van der Waals surface area (Å²) in [4.78, 5) is 18.3. The zero-order chi connectivity index (χ0) is 15.4. The molecule has 0 spiro atoms. The molecule has 0 radical (unpaired) electrons. The SMILES string of the molecule is CCNc1ncc([N+](=O)[O-])c(Nc2ccc(C)c(F)c2)n1. The number of nitrogens with zero attached hydrogens (tertiary/aromatic N) is 3. The Hall–Kier alpha value is -2.77. The maximum Gasteiger partial charge on any atom is 0.329 e. The maximum atomic E-state index is 13.5. The van der Waals surface area contributed by atoms with Crippen molar-refractivity contribution < 1.29 is 9.31 Å². The maximum absolute atomic E-state index is 13.5. The normalized spacial score (nSPS) is 10.2. The van der Waals surface area contributed by atoms with Crippen molar-refractivity contribution in [3.05, 3.63) is 45.9 Å². The van der Waals surface area contributed by atoms with E-state index in [9.17, 15) is 14.5 Å². The molecule has 0 atom stereocenters. The van der Waals surface area contributed by atoms with Gasteiger partial charge in [-0.05, 0) is 31.5 Å². The van der Waals surface area contributed by atoms with Gasteiger partial charge in [0.05, 0.1) is 4.92 Å². The highest BCUT2D eigenvalue weighted by Gasteiger charge is 2.17. The van der Waals surface area contributed by atoms with Crippen LogP contribution < -0.4 is 10.6 Å². The molecule has 2 rings (SSSR count). The van der Waals surface area contributed by atoms with Gasteiger partial charge in [0.1, 0.15) is 12.0 Å². The molecule has 1 aromatic heterocycles. The van der Waals surface area contributed by atoms with Gasteiger partial charge in [0.25, 0.3) is 0 Å². The Kier molecular flexibility index (Phi) is 4.27. The van der Waals surface area contributed by atoms with E-state index in [4.69, 9.17) is 0 Å². The number of aromatic nitrogens is 2. The second kappa shape index (κ2) is 6.12. The summed E-state index contributed by atoms with van der Waals surface area (Å²) in [6.45, 7) is 4.07.